The minimum absolute atomic E-state index is 0.103. The van der Waals surface area contributed by atoms with Crippen LogP contribution >= 0.6 is 45.2 Å². The molecule has 1 amide bonds. The summed E-state index contributed by atoms with van der Waals surface area (Å²) in [6, 6.07) is 54.6. The minimum atomic E-state index is -0.788. The van der Waals surface area contributed by atoms with Crippen LogP contribution in [-0.2, 0) is 57.4 Å². The van der Waals surface area contributed by atoms with Crippen molar-refractivity contribution in [1.29, 1.82) is 0 Å². The van der Waals surface area contributed by atoms with Gasteiger partial charge in [-0.3, -0.25) is 30.0 Å². The van der Waals surface area contributed by atoms with E-state index < -0.39 is 47.0 Å². The standard InChI is InChI=1S/C19H25N3O.C16H18N2O4.C16H20N2O3.C12H13IN2O2.C10H10N2O2.C7H5IN2.C7H6N2/c23-19(22-13-5-7-14-6-1-4-10-18(14)22)12-11-17-15-8-2-3-9-16(15)20-21-17;1-16(2,3)22-15(20)18-13-8-6-5-7-11(13)12(17-18)9-10-14(19)21-4;1-11(19)9-10-13-12-7-5-6-8-14(12)18(17-13)15(20)21-16(2,3)4;1-12(2,3)17-11(16)15-9-7-5-4-6-8(9)10(13)14-15;13-10(14)6-5-9-7-3-1-2-4-8(7)11-12-9;8-7-5-3-1-2-4-6(5)9-10-7;1-2-4-7-6(3-1)5-8-9-7/h2-3,8-9,14,18H,1,4-7,10-13H2,(H,20,21);5-10H,1-4H3;5-8H,9-10H2,1-4H3;4-7H,1-3H3;1-4H,5-6H2,(H,11,12)(H,13,14);1-4H,(H,9,10);1-5H,(H,8,9)/b;10-9+;;;;;. The number of aryl methyl sites for hydroxylation is 3. The van der Waals surface area contributed by atoms with E-state index in [9.17, 15) is 33.6 Å². The number of esters is 1. The van der Waals surface area contributed by atoms with E-state index in [4.69, 9.17) is 19.3 Å². The Hall–Kier alpha value is -11.5. The van der Waals surface area contributed by atoms with Crippen LogP contribution in [0.25, 0.3) is 82.4 Å². The first-order valence-corrected chi connectivity index (χ1v) is 40.4. The number of likely N-dealkylation sites (tertiary alicyclic amines) is 1. The molecule has 2 fully saturated rings. The number of amides is 1. The number of para-hydroxylation sites is 7. The second-order valence-corrected chi connectivity index (χ2v) is 32.7. The Labute approximate surface area is 698 Å². The van der Waals surface area contributed by atoms with Crippen molar-refractivity contribution in [3.8, 4) is 0 Å². The molecule has 8 heterocycles. The lowest BCUT2D eigenvalue weighted by atomic mass is 9.78. The molecule has 0 radical (unpaired) electrons. The zero-order valence-corrected chi connectivity index (χ0v) is 71.2. The number of hydrogen-bond acceptors (Lipinski definition) is 18. The first-order chi connectivity index (χ1) is 55.4. The van der Waals surface area contributed by atoms with E-state index in [1.165, 1.54) is 77.2 Å². The van der Waals surface area contributed by atoms with Crippen molar-refractivity contribution in [2.75, 3.05) is 13.7 Å². The van der Waals surface area contributed by atoms with Crippen LogP contribution in [0.4, 0.5) is 14.4 Å². The van der Waals surface area contributed by atoms with E-state index in [2.05, 4.69) is 123 Å². The third-order valence-electron chi connectivity index (χ3n) is 18.4. The Morgan fingerprint density at radius 2 is 0.957 bits per heavy atom. The molecule has 1 aliphatic carbocycles. The Balaban J connectivity index is 0.000000146. The number of nitrogens with zero attached hydrogens (tertiary/aromatic N) is 11. The Morgan fingerprint density at radius 1 is 0.500 bits per heavy atom. The number of hydrogen-bond donors (Lipinski definition) is 5. The van der Waals surface area contributed by atoms with E-state index in [0.29, 0.717) is 54.4 Å². The predicted molar refractivity (Wildman–Crippen MR) is 465 cm³/mol. The van der Waals surface area contributed by atoms with Gasteiger partial charge < -0.3 is 33.7 Å². The number of halogens is 2. The lowest BCUT2D eigenvalue weighted by Gasteiger charge is -2.44. The van der Waals surface area contributed by atoms with Crippen LogP contribution < -0.4 is 0 Å². The highest BCUT2D eigenvalue weighted by Crippen LogP contribution is 2.36. The molecule has 1 aliphatic heterocycles. The van der Waals surface area contributed by atoms with Crippen molar-refractivity contribution < 1.29 is 57.6 Å². The van der Waals surface area contributed by atoms with Gasteiger partial charge in [-0.15, -0.1) is 0 Å². The van der Waals surface area contributed by atoms with Crippen LogP contribution in [0.2, 0.25) is 0 Å². The van der Waals surface area contributed by atoms with Crippen molar-refractivity contribution in [2.45, 2.75) is 169 Å². The van der Waals surface area contributed by atoms with Crippen molar-refractivity contribution in [3.63, 3.8) is 0 Å². The number of H-pyrrole nitrogens is 4. The molecule has 606 valence electrons. The van der Waals surface area contributed by atoms with E-state index in [1.807, 2.05) is 193 Å². The summed E-state index contributed by atoms with van der Waals surface area (Å²) in [4.78, 5) is 84.2. The highest BCUT2D eigenvalue weighted by Gasteiger charge is 2.36. The summed E-state index contributed by atoms with van der Waals surface area (Å²) >= 11 is 4.35. The van der Waals surface area contributed by atoms with Gasteiger partial charge in [-0.25, -0.2) is 19.2 Å². The average molecular weight is 1800 g/mol. The van der Waals surface area contributed by atoms with E-state index in [-0.39, 0.29) is 12.2 Å². The molecule has 29 heteroatoms. The maximum absolute atomic E-state index is 12.8. The number of carboxylic acids is 1. The third-order valence-corrected chi connectivity index (χ3v) is 20.0. The van der Waals surface area contributed by atoms with Gasteiger partial charge in [0.25, 0.3) is 0 Å². The molecule has 2 atom stereocenters. The van der Waals surface area contributed by atoms with E-state index in [0.717, 1.165) is 103 Å². The van der Waals surface area contributed by atoms with Gasteiger partial charge in [0.1, 0.15) is 30.0 Å². The number of methoxy groups -OCH3 is 1. The summed E-state index contributed by atoms with van der Waals surface area (Å²) in [6.07, 6.45) is 13.6. The largest absolute Gasteiger partial charge is 0.481 e. The molecule has 2 aliphatic rings. The molecule has 14 aromatic rings. The summed E-state index contributed by atoms with van der Waals surface area (Å²) in [5, 5.41) is 56.5. The number of carboxylic acid groups (broad SMARTS) is 1. The number of ether oxygens (including phenoxy) is 4. The quantitative estimate of drug-likeness (QED) is 0.0347. The van der Waals surface area contributed by atoms with Crippen molar-refractivity contribution in [2.24, 2.45) is 5.92 Å². The molecule has 7 aromatic heterocycles. The molecule has 1 saturated carbocycles. The SMILES string of the molecule is CC(=O)CCc1nn(C(=O)OC(C)(C)C)c2ccccc12.CC(C)(C)OC(=O)n1nc(I)c2ccccc21.COC(=O)/C=C/c1nn(C(=O)OC(C)(C)C)c2ccccc12.Ic1[nH]nc2ccccc12.O=C(CCc1[nH]nc2ccccc12)N1CCCC2CCCCC21.O=C(O)CCc1[nH]nc2ccccc12.c1ccc2[nH]ncc2c1. The number of aliphatic carboxylic acids is 1. The summed E-state index contributed by atoms with van der Waals surface area (Å²) < 4.78 is 26.2. The Morgan fingerprint density at radius 3 is 1.51 bits per heavy atom. The lowest BCUT2D eigenvalue weighted by Crippen LogP contribution is -2.49. The Kier molecular flexibility index (Phi) is 30.1. The molecule has 0 bridgehead atoms. The van der Waals surface area contributed by atoms with E-state index >= 15 is 0 Å². The number of benzene rings is 7. The van der Waals surface area contributed by atoms with Gasteiger partial charge in [0.05, 0.1) is 69.7 Å². The van der Waals surface area contributed by atoms with Gasteiger partial charge in [0.2, 0.25) is 5.91 Å². The van der Waals surface area contributed by atoms with Gasteiger partial charge in [-0.05, 0) is 207 Å². The number of Topliss-reactive ketones (excluding diaryl/α,β-unsaturated/α-hetero) is 1. The maximum atomic E-state index is 12.8. The molecule has 5 N–H and O–H groups in total. The van der Waals surface area contributed by atoms with Crippen LogP contribution in [0.1, 0.15) is 150 Å². The smallest absolute Gasteiger partial charge is 0.435 e. The number of nitrogens with one attached hydrogen (secondary N) is 4. The number of ketones is 1. The lowest BCUT2D eigenvalue weighted by molar-refractivity contribution is -0.138. The van der Waals surface area contributed by atoms with Crippen LogP contribution in [0.15, 0.2) is 182 Å². The topological polar surface area (TPSA) is 348 Å². The summed E-state index contributed by atoms with van der Waals surface area (Å²) in [5.41, 5.74) is 7.58. The van der Waals surface area contributed by atoms with Crippen LogP contribution in [0.3, 0.4) is 0 Å². The van der Waals surface area contributed by atoms with Crippen LogP contribution in [-0.4, -0.2) is 159 Å². The molecule has 16 rings (SSSR count). The number of carbonyl (C=O) groups excluding carboxylic acids is 6. The van der Waals surface area contributed by atoms with E-state index in [1.54, 1.807) is 39.8 Å². The minimum Gasteiger partial charge on any atom is -0.481 e. The predicted octanol–water partition coefficient (Wildman–Crippen LogP) is 18.8. The van der Waals surface area contributed by atoms with Crippen LogP contribution in [0, 0.1) is 13.3 Å². The van der Waals surface area contributed by atoms with Crippen LogP contribution in [0.5, 0.6) is 0 Å². The molecule has 0 spiro atoms. The highest BCUT2D eigenvalue weighted by atomic mass is 127. The normalized spacial score (nSPS) is 13.9. The average Bonchev–Trinajstić information content (AvgIpc) is 1.62. The summed E-state index contributed by atoms with van der Waals surface area (Å²) in [7, 11) is 1.30. The number of rotatable bonds is 11. The van der Waals surface area contributed by atoms with Gasteiger partial charge in [-0.2, -0.15) is 49.7 Å². The number of piperidine rings is 1. The number of aromatic amines is 4. The second-order valence-electron chi connectivity index (χ2n) is 30.6. The number of fused-ring (bicyclic) bond motifs is 8. The first kappa shape index (κ1) is 86.9. The molecule has 116 heavy (non-hydrogen) atoms. The van der Waals surface area contributed by atoms with Gasteiger partial charge in [0.15, 0.2) is 0 Å². The zero-order chi connectivity index (χ0) is 83.3. The van der Waals surface area contributed by atoms with Gasteiger partial charge in [-0.1, -0.05) is 140 Å². The maximum Gasteiger partial charge on any atom is 0.435 e. The Bertz CT molecular complexity index is 5720. The van der Waals surface area contributed by atoms with Crippen molar-refractivity contribution in [1.82, 2.24) is 75.0 Å². The highest BCUT2D eigenvalue weighted by molar-refractivity contribution is 14.1. The molecular formula is C87H97I2N15O12. The fourth-order valence-corrected chi connectivity index (χ4v) is 14.4. The molecule has 7 aromatic carbocycles. The fourth-order valence-electron chi connectivity index (χ4n) is 13.2. The second kappa shape index (κ2) is 40.2. The molecule has 27 nitrogen and oxygen atoms in total. The summed E-state index contributed by atoms with van der Waals surface area (Å²) in [5.74, 6) is -0.0832. The molecule has 2 unspecified atom stereocenters. The van der Waals surface area contributed by atoms with Gasteiger partial charge >= 0.3 is 30.2 Å². The monoisotopic (exact) mass is 1800 g/mol. The third kappa shape index (κ3) is 24.3. The first-order valence-electron chi connectivity index (χ1n) is 38.3. The van der Waals surface area contributed by atoms with Crippen molar-refractivity contribution >= 4 is 169 Å². The molecular weight excluding hydrogens is 1700 g/mol. The number of aromatic nitrogens is 14. The molecule has 1 saturated heterocycles. The van der Waals surface area contributed by atoms with Crippen molar-refractivity contribution in [3.05, 3.63) is 212 Å². The number of carbonyl (C=O) groups is 7. The summed E-state index contributed by atoms with van der Waals surface area (Å²) in [6.45, 7) is 18.8. The fraction of sp³-hybridized carbons (Fsp3) is 0.333. The zero-order valence-electron chi connectivity index (χ0n) is 66.9. The van der Waals surface area contributed by atoms with Gasteiger partial charge in [0, 0.05) is 87.0 Å².